The fraction of sp³-hybridized carbons (Fsp3) is 0.417. The summed E-state index contributed by atoms with van der Waals surface area (Å²) in [6.45, 7) is 0.917. The Kier molecular flexibility index (Phi) is 2.93. The average Bonchev–Trinajstić information content (AvgIpc) is 2.87. The molecule has 18 heavy (non-hydrogen) atoms. The molecule has 1 saturated heterocycles. The van der Waals surface area contributed by atoms with Gasteiger partial charge in [-0.1, -0.05) is 6.42 Å². The van der Waals surface area contributed by atoms with Crippen LogP contribution >= 0.6 is 0 Å². The molecule has 0 bridgehead atoms. The van der Waals surface area contributed by atoms with Crippen molar-refractivity contribution >= 4 is 22.6 Å². The quantitative estimate of drug-likeness (QED) is 0.738. The van der Waals surface area contributed by atoms with Crippen LogP contribution in [0.2, 0.25) is 0 Å². The second-order valence-corrected chi connectivity index (χ2v) is 4.52. The Morgan fingerprint density at radius 3 is 3.00 bits per heavy atom. The van der Waals surface area contributed by atoms with Crippen LogP contribution in [-0.2, 0) is 4.79 Å². The van der Waals surface area contributed by atoms with E-state index in [0.29, 0.717) is 0 Å². The van der Waals surface area contributed by atoms with Crippen LogP contribution in [0.4, 0.5) is 5.69 Å². The molecule has 0 spiro atoms. The molecule has 1 unspecified atom stereocenters. The van der Waals surface area contributed by atoms with Gasteiger partial charge in [-0.2, -0.15) is 15.4 Å². The number of fused-ring (bicyclic) bond motifs is 1. The number of nitrogens with one attached hydrogen (secondary N) is 3. The molecule has 3 rings (SSSR count). The number of aromatic amines is 1. The Morgan fingerprint density at radius 2 is 2.17 bits per heavy atom. The molecule has 1 aliphatic rings. The van der Waals surface area contributed by atoms with E-state index in [1.165, 1.54) is 0 Å². The van der Waals surface area contributed by atoms with Crippen molar-refractivity contribution in [1.29, 1.82) is 0 Å². The Balaban J connectivity index is 1.72. The molecule has 3 N–H and O–H groups in total. The molecule has 2 aromatic rings. The molecule has 1 fully saturated rings. The average molecular weight is 245 g/mol. The van der Waals surface area contributed by atoms with Gasteiger partial charge in [0.15, 0.2) is 0 Å². The highest BCUT2D eigenvalue weighted by Gasteiger charge is 2.20. The van der Waals surface area contributed by atoms with Crippen molar-refractivity contribution in [3.63, 3.8) is 0 Å². The third-order valence-corrected chi connectivity index (χ3v) is 3.21. The van der Waals surface area contributed by atoms with Gasteiger partial charge in [0.25, 0.3) is 0 Å². The molecule has 94 valence electrons. The highest BCUT2D eigenvalue weighted by atomic mass is 16.2. The first-order chi connectivity index (χ1) is 8.83. The monoisotopic (exact) mass is 245 g/mol. The number of carbonyl (C=O) groups excluding carboxylic acids is 1. The number of aromatic nitrogens is 3. The van der Waals surface area contributed by atoms with Gasteiger partial charge in [0.1, 0.15) is 11.0 Å². The van der Waals surface area contributed by atoms with E-state index in [1.807, 2.05) is 18.2 Å². The number of hydrogen-bond acceptors (Lipinski definition) is 4. The van der Waals surface area contributed by atoms with Crippen molar-refractivity contribution in [3.05, 3.63) is 18.2 Å². The lowest BCUT2D eigenvalue weighted by molar-refractivity contribution is -0.118. The van der Waals surface area contributed by atoms with Crippen molar-refractivity contribution in [3.8, 4) is 0 Å². The van der Waals surface area contributed by atoms with E-state index in [9.17, 15) is 4.79 Å². The van der Waals surface area contributed by atoms with Gasteiger partial charge in [-0.15, -0.1) is 0 Å². The Morgan fingerprint density at radius 1 is 1.28 bits per heavy atom. The van der Waals surface area contributed by atoms with E-state index in [2.05, 4.69) is 26.0 Å². The Labute approximate surface area is 104 Å². The zero-order chi connectivity index (χ0) is 12.4. The first-order valence-electron chi connectivity index (χ1n) is 6.18. The second-order valence-electron chi connectivity index (χ2n) is 4.52. The SMILES string of the molecule is O=C(Nc1ccc2n[nH]nc2c1)C1CCCCN1. The predicted molar refractivity (Wildman–Crippen MR) is 68.2 cm³/mol. The van der Waals surface area contributed by atoms with Gasteiger partial charge in [0.2, 0.25) is 5.91 Å². The van der Waals surface area contributed by atoms with E-state index in [0.717, 1.165) is 42.5 Å². The van der Waals surface area contributed by atoms with Gasteiger partial charge < -0.3 is 10.6 Å². The number of carbonyl (C=O) groups is 1. The molecule has 0 saturated carbocycles. The fourth-order valence-corrected chi connectivity index (χ4v) is 2.22. The fourth-order valence-electron chi connectivity index (χ4n) is 2.22. The Bertz CT molecular complexity index is 558. The maximum Gasteiger partial charge on any atom is 0.241 e. The standard InChI is InChI=1S/C12H15N5O/c18-12(10-3-1-2-6-13-10)14-8-4-5-9-11(7-8)16-17-15-9/h4-5,7,10,13H,1-3,6H2,(H,14,18)(H,15,16,17). The molecule has 1 atom stereocenters. The van der Waals surface area contributed by atoms with E-state index >= 15 is 0 Å². The number of benzene rings is 1. The third kappa shape index (κ3) is 2.19. The maximum atomic E-state index is 12.0. The topological polar surface area (TPSA) is 82.7 Å². The summed E-state index contributed by atoms with van der Waals surface area (Å²) >= 11 is 0. The van der Waals surface area contributed by atoms with E-state index in [-0.39, 0.29) is 11.9 Å². The normalized spacial score (nSPS) is 19.9. The predicted octanol–water partition coefficient (Wildman–Crippen LogP) is 1.04. The van der Waals surface area contributed by atoms with Crippen LogP contribution in [-0.4, -0.2) is 33.9 Å². The molecule has 0 aliphatic carbocycles. The maximum absolute atomic E-state index is 12.0. The van der Waals surface area contributed by atoms with Gasteiger partial charge in [-0.05, 0) is 37.6 Å². The summed E-state index contributed by atoms with van der Waals surface area (Å²) in [4.78, 5) is 12.0. The summed E-state index contributed by atoms with van der Waals surface area (Å²) in [5.41, 5.74) is 2.31. The molecule has 1 amide bonds. The number of hydrogen-bond donors (Lipinski definition) is 3. The molecule has 1 aromatic carbocycles. The molecule has 1 aromatic heterocycles. The van der Waals surface area contributed by atoms with Crippen molar-refractivity contribution in [1.82, 2.24) is 20.7 Å². The number of anilines is 1. The lowest BCUT2D eigenvalue weighted by Gasteiger charge is -2.22. The highest BCUT2D eigenvalue weighted by Crippen LogP contribution is 2.16. The van der Waals surface area contributed by atoms with Crippen molar-refractivity contribution in [2.75, 3.05) is 11.9 Å². The van der Waals surface area contributed by atoms with Crippen LogP contribution in [0, 0.1) is 0 Å². The number of amides is 1. The van der Waals surface area contributed by atoms with Gasteiger partial charge in [-0.3, -0.25) is 4.79 Å². The van der Waals surface area contributed by atoms with Crippen LogP contribution in [0.25, 0.3) is 11.0 Å². The summed E-state index contributed by atoms with van der Waals surface area (Å²) < 4.78 is 0. The minimum absolute atomic E-state index is 0.0255. The minimum atomic E-state index is -0.0771. The van der Waals surface area contributed by atoms with Crippen LogP contribution in [0.15, 0.2) is 18.2 Å². The minimum Gasteiger partial charge on any atom is -0.325 e. The lowest BCUT2D eigenvalue weighted by atomic mass is 10.0. The van der Waals surface area contributed by atoms with E-state index in [1.54, 1.807) is 0 Å². The molecular weight excluding hydrogens is 230 g/mol. The molecule has 2 heterocycles. The first-order valence-corrected chi connectivity index (χ1v) is 6.18. The molecular formula is C12H15N5O. The van der Waals surface area contributed by atoms with Gasteiger partial charge in [0.05, 0.1) is 6.04 Å². The third-order valence-electron chi connectivity index (χ3n) is 3.21. The van der Waals surface area contributed by atoms with Gasteiger partial charge in [0, 0.05) is 5.69 Å². The molecule has 6 heteroatoms. The van der Waals surface area contributed by atoms with E-state index in [4.69, 9.17) is 0 Å². The molecule has 1 aliphatic heterocycles. The van der Waals surface area contributed by atoms with Crippen LogP contribution in [0.1, 0.15) is 19.3 Å². The second kappa shape index (κ2) is 4.73. The zero-order valence-corrected chi connectivity index (χ0v) is 9.94. The van der Waals surface area contributed by atoms with Gasteiger partial charge in [-0.25, -0.2) is 0 Å². The smallest absolute Gasteiger partial charge is 0.241 e. The number of piperidine rings is 1. The lowest BCUT2D eigenvalue weighted by Crippen LogP contribution is -2.43. The van der Waals surface area contributed by atoms with Crippen LogP contribution in [0.5, 0.6) is 0 Å². The summed E-state index contributed by atoms with van der Waals surface area (Å²) in [6.07, 6.45) is 3.15. The van der Waals surface area contributed by atoms with Crippen molar-refractivity contribution < 1.29 is 4.79 Å². The largest absolute Gasteiger partial charge is 0.325 e. The Hall–Kier alpha value is -1.95. The van der Waals surface area contributed by atoms with Crippen LogP contribution < -0.4 is 10.6 Å². The van der Waals surface area contributed by atoms with Crippen molar-refractivity contribution in [2.24, 2.45) is 0 Å². The van der Waals surface area contributed by atoms with Crippen LogP contribution in [0.3, 0.4) is 0 Å². The summed E-state index contributed by atoms with van der Waals surface area (Å²) in [7, 11) is 0. The van der Waals surface area contributed by atoms with E-state index < -0.39 is 0 Å². The highest BCUT2D eigenvalue weighted by molar-refractivity contribution is 5.96. The molecule has 6 nitrogen and oxygen atoms in total. The summed E-state index contributed by atoms with van der Waals surface area (Å²) in [6, 6.07) is 5.42. The first kappa shape index (κ1) is 11.2. The van der Waals surface area contributed by atoms with Crippen molar-refractivity contribution in [2.45, 2.75) is 25.3 Å². The zero-order valence-electron chi connectivity index (χ0n) is 9.94. The number of H-pyrrole nitrogens is 1. The molecule has 0 radical (unpaired) electrons. The summed E-state index contributed by atoms with van der Waals surface area (Å²) in [5, 5.41) is 16.7. The van der Waals surface area contributed by atoms with Gasteiger partial charge >= 0.3 is 0 Å². The number of rotatable bonds is 2. The number of nitrogens with zero attached hydrogens (tertiary/aromatic N) is 2. The summed E-state index contributed by atoms with van der Waals surface area (Å²) in [5.74, 6) is 0.0255.